The van der Waals surface area contributed by atoms with Gasteiger partial charge in [-0.3, -0.25) is 0 Å². The normalized spacial score (nSPS) is 35.3. The van der Waals surface area contributed by atoms with Crippen LogP contribution in [-0.4, -0.2) is 16.5 Å². The molecule has 0 radical (unpaired) electrons. The Morgan fingerprint density at radius 1 is 1.00 bits per heavy atom. The lowest BCUT2D eigenvalue weighted by Crippen LogP contribution is -2.50. The van der Waals surface area contributed by atoms with Crippen LogP contribution in [0.2, 0.25) is 0 Å². The second kappa shape index (κ2) is 5.16. The van der Waals surface area contributed by atoms with Crippen molar-refractivity contribution in [1.29, 1.82) is 0 Å². The van der Waals surface area contributed by atoms with Crippen molar-refractivity contribution in [2.24, 2.45) is 5.41 Å². The molecule has 1 aromatic carbocycles. The van der Waals surface area contributed by atoms with Crippen molar-refractivity contribution < 1.29 is 5.11 Å². The zero-order valence-corrected chi connectivity index (χ0v) is 14.2. The zero-order valence-electron chi connectivity index (χ0n) is 11.0. The predicted octanol–water partition coefficient (Wildman–Crippen LogP) is 4.80. The van der Waals surface area contributed by atoms with Gasteiger partial charge in [-0.1, -0.05) is 44.0 Å². The highest BCUT2D eigenvalue weighted by Crippen LogP contribution is 2.59. The third-order valence-electron chi connectivity index (χ3n) is 5.61. The van der Waals surface area contributed by atoms with Gasteiger partial charge in [0.2, 0.25) is 0 Å². The molecule has 4 rings (SSSR count). The summed E-state index contributed by atoms with van der Waals surface area (Å²) in [6.45, 7) is 0. The van der Waals surface area contributed by atoms with Gasteiger partial charge in [0.1, 0.15) is 0 Å². The first-order valence-corrected chi connectivity index (χ1v) is 9.02. The number of halogens is 2. The van der Waals surface area contributed by atoms with Gasteiger partial charge in [-0.05, 0) is 67.1 Å². The van der Waals surface area contributed by atoms with Crippen molar-refractivity contribution in [3.05, 3.63) is 34.3 Å². The molecule has 19 heavy (non-hydrogen) atoms. The summed E-state index contributed by atoms with van der Waals surface area (Å²) in [5.41, 5.74) is 2.08. The van der Waals surface area contributed by atoms with E-state index in [2.05, 4.69) is 56.1 Å². The van der Waals surface area contributed by atoms with Gasteiger partial charge in [0.15, 0.2) is 0 Å². The lowest BCUT2D eigenvalue weighted by atomic mass is 9.50. The molecule has 3 aliphatic carbocycles. The Balaban J connectivity index is 1.83. The SMILES string of the molecule is OC(CBr)C12CCC(c3ccc(Br)cc3)(CC1)CC2. The fourth-order valence-electron chi connectivity index (χ4n) is 4.11. The number of hydrogen-bond acceptors (Lipinski definition) is 1. The molecule has 0 spiro atoms. The molecule has 0 amide bonds. The Hall–Kier alpha value is 0.140. The molecule has 1 N–H and O–H groups in total. The van der Waals surface area contributed by atoms with E-state index in [9.17, 15) is 5.11 Å². The largest absolute Gasteiger partial charge is 0.392 e. The highest BCUT2D eigenvalue weighted by atomic mass is 79.9. The van der Waals surface area contributed by atoms with Crippen LogP contribution in [0.4, 0.5) is 0 Å². The third-order valence-corrected chi connectivity index (χ3v) is 6.76. The second-order valence-corrected chi connectivity index (χ2v) is 7.88. The molecule has 3 fully saturated rings. The smallest absolute Gasteiger partial charge is 0.0693 e. The number of hydrogen-bond donors (Lipinski definition) is 1. The quantitative estimate of drug-likeness (QED) is 0.738. The lowest BCUT2D eigenvalue weighted by Gasteiger charge is -2.55. The summed E-state index contributed by atoms with van der Waals surface area (Å²) in [5.74, 6) is 0. The van der Waals surface area contributed by atoms with Gasteiger partial charge in [-0.15, -0.1) is 0 Å². The van der Waals surface area contributed by atoms with E-state index in [1.54, 1.807) is 0 Å². The lowest BCUT2D eigenvalue weighted by molar-refractivity contribution is -0.0524. The molecule has 1 nitrogen and oxygen atoms in total. The van der Waals surface area contributed by atoms with Gasteiger partial charge in [0.05, 0.1) is 6.10 Å². The average Bonchev–Trinajstić information content (AvgIpc) is 2.49. The number of rotatable bonds is 3. The number of aliphatic hydroxyl groups excluding tert-OH is 1. The van der Waals surface area contributed by atoms with Gasteiger partial charge >= 0.3 is 0 Å². The Bertz CT molecular complexity index is 430. The summed E-state index contributed by atoms with van der Waals surface area (Å²) in [4.78, 5) is 0. The zero-order chi connectivity index (χ0) is 13.5. The van der Waals surface area contributed by atoms with Gasteiger partial charge in [-0.25, -0.2) is 0 Å². The first-order valence-electron chi connectivity index (χ1n) is 7.10. The standard InChI is InChI=1S/C16H20Br2O/c17-11-14(19)16-8-5-15(6-9-16,7-10-16)12-1-3-13(18)4-2-12/h1-4,14,19H,5-11H2. The Kier molecular flexibility index (Phi) is 3.83. The first-order chi connectivity index (χ1) is 9.10. The van der Waals surface area contributed by atoms with E-state index in [0.29, 0.717) is 5.41 Å². The maximum Gasteiger partial charge on any atom is 0.0693 e. The minimum Gasteiger partial charge on any atom is -0.392 e. The van der Waals surface area contributed by atoms with Crippen LogP contribution >= 0.6 is 31.9 Å². The van der Waals surface area contributed by atoms with Gasteiger partial charge in [0, 0.05) is 9.80 Å². The predicted molar refractivity (Wildman–Crippen MR) is 85.8 cm³/mol. The minimum atomic E-state index is -0.171. The number of alkyl halides is 1. The minimum absolute atomic E-state index is 0.171. The van der Waals surface area contributed by atoms with Crippen LogP contribution in [-0.2, 0) is 5.41 Å². The van der Waals surface area contributed by atoms with Crippen molar-refractivity contribution in [1.82, 2.24) is 0 Å². The fraction of sp³-hybridized carbons (Fsp3) is 0.625. The van der Waals surface area contributed by atoms with E-state index in [4.69, 9.17) is 0 Å². The van der Waals surface area contributed by atoms with Gasteiger partial charge < -0.3 is 5.11 Å². The number of fused-ring (bicyclic) bond motifs is 3. The van der Waals surface area contributed by atoms with Crippen molar-refractivity contribution in [3.8, 4) is 0 Å². The summed E-state index contributed by atoms with van der Waals surface area (Å²) in [7, 11) is 0. The summed E-state index contributed by atoms with van der Waals surface area (Å²) in [5, 5.41) is 11.0. The molecular formula is C16H20Br2O. The number of benzene rings is 1. The summed E-state index contributed by atoms with van der Waals surface area (Å²) < 4.78 is 1.16. The molecule has 1 aromatic rings. The van der Waals surface area contributed by atoms with Crippen molar-refractivity contribution in [2.45, 2.75) is 50.0 Å². The van der Waals surface area contributed by atoms with Crippen LogP contribution in [0, 0.1) is 5.41 Å². The average molecular weight is 388 g/mol. The van der Waals surface area contributed by atoms with Crippen LogP contribution in [0.25, 0.3) is 0 Å². The molecule has 0 aromatic heterocycles. The highest BCUT2D eigenvalue weighted by molar-refractivity contribution is 9.10. The van der Waals surface area contributed by atoms with E-state index in [-0.39, 0.29) is 11.5 Å². The van der Waals surface area contributed by atoms with Gasteiger partial charge in [-0.2, -0.15) is 0 Å². The highest BCUT2D eigenvalue weighted by Gasteiger charge is 2.51. The first kappa shape index (κ1) is 14.1. The van der Waals surface area contributed by atoms with E-state index < -0.39 is 0 Å². The maximum absolute atomic E-state index is 10.3. The molecular weight excluding hydrogens is 368 g/mol. The van der Waals surface area contributed by atoms with E-state index in [1.165, 1.54) is 44.1 Å². The maximum atomic E-state index is 10.3. The summed E-state index contributed by atoms with van der Waals surface area (Å²) in [6, 6.07) is 8.88. The van der Waals surface area contributed by atoms with Crippen LogP contribution in [0.5, 0.6) is 0 Å². The molecule has 3 saturated carbocycles. The van der Waals surface area contributed by atoms with Crippen molar-refractivity contribution >= 4 is 31.9 Å². The van der Waals surface area contributed by atoms with Crippen LogP contribution < -0.4 is 0 Å². The Morgan fingerprint density at radius 3 is 2.00 bits per heavy atom. The van der Waals surface area contributed by atoms with Crippen LogP contribution in [0.3, 0.4) is 0 Å². The van der Waals surface area contributed by atoms with E-state index >= 15 is 0 Å². The number of aliphatic hydroxyl groups is 1. The third kappa shape index (κ3) is 2.32. The molecule has 1 atom stereocenters. The molecule has 2 bridgehead atoms. The van der Waals surface area contributed by atoms with Crippen molar-refractivity contribution in [2.75, 3.05) is 5.33 Å². The molecule has 3 heteroatoms. The van der Waals surface area contributed by atoms with Crippen LogP contribution in [0.1, 0.15) is 44.1 Å². The molecule has 1 unspecified atom stereocenters. The van der Waals surface area contributed by atoms with Crippen LogP contribution in [0.15, 0.2) is 28.7 Å². The van der Waals surface area contributed by atoms with E-state index in [0.717, 1.165) is 9.80 Å². The topological polar surface area (TPSA) is 20.2 Å². The van der Waals surface area contributed by atoms with Gasteiger partial charge in [0.25, 0.3) is 0 Å². The summed E-state index contributed by atoms with van der Waals surface area (Å²) in [6.07, 6.45) is 7.06. The second-order valence-electron chi connectivity index (χ2n) is 6.32. The molecule has 3 aliphatic rings. The Labute approximate surface area is 132 Å². The fourth-order valence-corrected chi connectivity index (χ4v) is 5.07. The summed E-state index contributed by atoms with van der Waals surface area (Å²) >= 11 is 6.97. The monoisotopic (exact) mass is 386 g/mol. The van der Waals surface area contributed by atoms with Crippen molar-refractivity contribution in [3.63, 3.8) is 0 Å². The van der Waals surface area contributed by atoms with E-state index in [1.807, 2.05) is 0 Å². The Morgan fingerprint density at radius 2 is 1.53 bits per heavy atom. The molecule has 0 aliphatic heterocycles. The molecule has 104 valence electrons. The molecule has 0 saturated heterocycles. The molecule has 0 heterocycles.